The molecule has 0 unspecified atom stereocenters. The molecular formula is C25H20F2N8O. The molecule has 1 aliphatic rings. The number of halogens is 2. The van der Waals surface area contributed by atoms with Crippen molar-refractivity contribution in [1.82, 2.24) is 29.4 Å². The molecule has 1 aromatic carbocycles. The Labute approximate surface area is 204 Å². The molecule has 0 spiro atoms. The molecule has 1 atom stereocenters. The molecule has 6 rings (SSSR count). The van der Waals surface area contributed by atoms with Crippen LogP contribution in [0.25, 0.3) is 11.3 Å². The molecule has 1 N–H and O–H groups in total. The number of nitrogens with zero attached hydrogens (tertiary/aromatic N) is 7. The van der Waals surface area contributed by atoms with Crippen LogP contribution < -0.4 is 10.2 Å². The summed E-state index contributed by atoms with van der Waals surface area (Å²) in [7, 11) is 0. The molecule has 0 saturated carbocycles. The lowest BCUT2D eigenvalue weighted by Gasteiger charge is -2.27. The van der Waals surface area contributed by atoms with Gasteiger partial charge in [-0.2, -0.15) is 10.2 Å². The third-order valence-corrected chi connectivity index (χ3v) is 6.31. The number of hydrogen-bond donors (Lipinski definition) is 1. The minimum Gasteiger partial charge on any atom is -0.364 e. The van der Waals surface area contributed by atoms with Crippen LogP contribution in [0.5, 0.6) is 0 Å². The summed E-state index contributed by atoms with van der Waals surface area (Å²) in [6.45, 7) is 0.691. The zero-order valence-electron chi connectivity index (χ0n) is 18.9. The molecule has 1 saturated heterocycles. The number of carbonyl (C=O) groups excluding carboxylic acids is 1. The fourth-order valence-corrected chi connectivity index (χ4v) is 4.61. The van der Waals surface area contributed by atoms with E-state index in [2.05, 4.69) is 25.5 Å². The Bertz CT molecular complexity index is 1550. The van der Waals surface area contributed by atoms with Crippen LogP contribution in [0.3, 0.4) is 0 Å². The molecule has 1 amide bonds. The van der Waals surface area contributed by atoms with Crippen LogP contribution in [0.15, 0.2) is 73.7 Å². The van der Waals surface area contributed by atoms with E-state index in [1.54, 1.807) is 22.8 Å². The number of carbonyl (C=O) groups is 1. The van der Waals surface area contributed by atoms with Gasteiger partial charge in [0.25, 0.3) is 5.91 Å². The van der Waals surface area contributed by atoms with Crippen LogP contribution in [0.1, 0.15) is 34.8 Å². The van der Waals surface area contributed by atoms with E-state index in [0.29, 0.717) is 41.1 Å². The van der Waals surface area contributed by atoms with Gasteiger partial charge in [0.15, 0.2) is 5.82 Å². The number of amides is 1. The third-order valence-electron chi connectivity index (χ3n) is 6.31. The maximum absolute atomic E-state index is 14.5. The molecule has 1 aliphatic heterocycles. The fraction of sp³-hybridized carbons (Fsp3) is 0.160. The van der Waals surface area contributed by atoms with E-state index in [1.807, 2.05) is 17.0 Å². The molecular weight excluding hydrogens is 466 g/mol. The van der Waals surface area contributed by atoms with Crippen LogP contribution in [0.4, 0.5) is 20.2 Å². The summed E-state index contributed by atoms with van der Waals surface area (Å²) in [6, 6.07) is 10.4. The Morgan fingerprint density at radius 3 is 2.78 bits per heavy atom. The Kier molecular flexibility index (Phi) is 5.36. The standard InChI is InChI=1S/C25H20F2N8O/c26-16-3-5-21(27)19(10-16)22-2-1-8-33(22)18-7-9-34-23(11-18)20(13-30-34)25(36)32-17-4-6-24(29-12-17)35-15-28-14-31-35/h3-7,9-15,22H,1-2,8H2,(H,32,36)/t22-/m1/s1. The van der Waals surface area contributed by atoms with Gasteiger partial charge in [-0.15, -0.1) is 0 Å². The van der Waals surface area contributed by atoms with E-state index in [1.165, 1.54) is 35.8 Å². The average molecular weight is 486 g/mol. The van der Waals surface area contributed by atoms with Crippen molar-refractivity contribution in [3.05, 3.63) is 96.5 Å². The van der Waals surface area contributed by atoms with Crippen LogP contribution in [-0.2, 0) is 0 Å². The van der Waals surface area contributed by atoms with Crippen LogP contribution in [-0.4, -0.2) is 41.8 Å². The predicted octanol–water partition coefficient (Wildman–Crippen LogP) is 4.18. The van der Waals surface area contributed by atoms with E-state index in [0.717, 1.165) is 24.2 Å². The van der Waals surface area contributed by atoms with Gasteiger partial charge in [-0.25, -0.2) is 27.9 Å². The number of anilines is 2. The smallest absolute Gasteiger partial charge is 0.259 e. The van der Waals surface area contributed by atoms with Crippen molar-refractivity contribution < 1.29 is 13.6 Å². The minimum absolute atomic E-state index is 0.294. The molecule has 5 heterocycles. The van der Waals surface area contributed by atoms with Gasteiger partial charge in [0.2, 0.25) is 0 Å². The van der Waals surface area contributed by atoms with Crippen molar-refractivity contribution in [2.24, 2.45) is 0 Å². The zero-order valence-corrected chi connectivity index (χ0v) is 18.9. The number of pyridine rings is 2. The third kappa shape index (κ3) is 3.94. The van der Waals surface area contributed by atoms with E-state index >= 15 is 0 Å². The Hall–Kier alpha value is -4.67. The molecule has 4 aromatic heterocycles. The number of benzene rings is 1. The average Bonchev–Trinajstić information content (AvgIpc) is 3.66. The summed E-state index contributed by atoms with van der Waals surface area (Å²) in [6.07, 6.45) is 9.29. The monoisotopic (exact) mass is 486 g/mol. The second-order valence-electron chi connectivity index (χ2n) is 8.49. The van der Waals surface area contributed by atoms with Gasteiger partial charge in [-0.05, 0) is 55.3 Å². The summed E-state index contributed by atoms with van der Waals surface area (Å²) in [5.74, 6) is -0.665. The summed E-state index contributed by atoms with van der Waals surface area (Å²) < 4.78 is 31.5. The van der Waals surface area contributed by atoms with E-state index in [9.17, 15) is 13.6 Å². The highest BCUT2D eigenvalue weighted by atomic mass is 19.1. The van der Waals surface area contributed by atoms with Crippen molar-refractivity contribution >= 4 is 22.8 Å². The molecule has 1 fully saturated rings. The maximum atomic E-state index is 14.5. The summed E-state index contributed by atoms with van der Waals surface area (Å²) in [5, 5.41) is 11.2. The van der Waals surface area contributed by atoms with Crippen LogP contribution in [0, 0.1) is 11.6 Å². The van der Waals surface area contributed by atoms with Crippen LogP contribution in [0.2, 0.25) is 0 Å². The molecule has 0 bridgehead atoms. The SMILES string of the molecule is O=C(Nc1ccc(-n2cncn2)nc1)c1cnn2ccc(N3CCC[C@@H]3c3cc(F)ccc3F)cc12. The van der Waals surface area contributed by atoms with E-state index in [-0.39, 0.29) is 11.9 Å². The van der Waals surface area contributed by atoms with E-state index in [4.69, 9.17) is 0 Å². The Morgan fingerprint density at radius 1 is 1.06 bits per heavy atom. The Balaban J connectivity index is 1.27. The molecule has 36 heavy (non-hydrogen) atoms. The topological polar surface area (TPSA) is 93.2 Å². The predicted molar refractivity (Wildman–Crippen MR) is 128 cm³/mol. The first-order chi connectivity index (χ1) is 17.6. The first-order valence-corrected chi connectivity index (χ1v) is 11.4. The van der Waals surface area contributed by atoms with Gasteiger partial charge in [-0.1, -0.05) is 0 Å². The van der Waals surface area contributed by atoms with Gasteiger partial charge in [0.1, 0.15) is 24.3 Å². The fourth-order valence-electron chi connectivity index (χ4n) is 4.61. The minimum atomic E-state index is -0.465. The number of nitrogens with one attached hydrogen (secondary N) is 1. The second-order valence-corrected chi connectivity index (χ2v) is 8.49. The normalized spacial score (nSPS) is 15.5. The summed E-state index contributed by atoms with van der Waals surface area (Å²) >= 11 is 0. The summed E-state index contributed by atoms with van der Waals surface area (Å²) in [5.41, 5.74) is 2.63. The molecule has 11 heteroatoms. The number of rotatable bonds is 5. The lowest BCUT2D eigenvalue weighted by Crippen LogP contribution is -2.23. The number of fused-ring (bicyclic) bond motifs is 1. The van der Waals surface area contributed by atoms with Gasteiger partial charge in [0, 0.05) is 24.0 Å². The van der Waals surface area contributed by atoms with Gasteiger partial charge < -0.3 is 10.2 Å². The summed E-state index contributed by atoms with van der Waals surface area (Å²) in [4.78, 5) is 23.3. The molecule has 0 radical (unpaired) electrons. The van der Waals surface area contributed by atoms with E-state index < -0.39 is 11.6 Å². The molecule has 180 valence electrons. The highest BCUT2D eigenvalue weighted by molar-refractivity contribution is 6.09. The number of hydrogen-bond acceptors (Lipinski definition) is 6. The van der Waals surface area contributed by atoms with Crippen molar-refractivity contribution in [2.45, 2.75) is 18.9 Å². The molecule has 0 aliphatic carbocycles. The molecule has 5 aromatic rings. The van der Waals surface area contributed by atoms with Crippen molar-refractivity contribution in [2.75, 3.05) is 16.8 Å². The second kappa shape index (κ2) is 8.84. The first kappa shape index (κ1) is 21.8. The Morgan fingerprint density at radius 2 is 1.97 bits per heavy atom. The largest absolute Gasteiger partial charge is 0.364 e. The van der Waals surface area contributed by atoms with Gasteiger partial charge >= 0.3 is 0 Å². The quantitative estimate of drug-likeness (QED) is 0.401. The van der Waals surface area contributed by atoms with Gasteiger partial charge in [-0.3, -0.25) is 4.79 Å². The number of aromatic nitrogens is 6. The highest BCUT2D eigenvalue weighted by Gasteiger charge is 2.29. The van der Waals surface area contributed by atoms with Gasteiger partial charge in [0.05, 0.1) is 35.2 Å². The van der Waals surface area contributed by atoms with Crippen molar-refractivity contribution in [3.8, 4) is 5.82 Å². The lowest BCUT2D eigenvalue weighted by molar-refractivity contribution is 0.102. The first-order valence-electron chi connectivity index (χ1n) is 11.4. The van der Waals surface area contributed by atoms with Crippen molar-refractivity contribution in [1.29, 1.82) is 0 Å². The maximum Gasteiger partial charge on any atom is 0.259 e. The highest BCUT2D eigenvalue weighted by Crippen LogP contribution is 2.38. The van der Waals surface area contributed by atoms with Crippen molar-refractivity contribution in [3.63, 3.8) is 0 Å². The molecule has 9 nitrogen and oxygen atoms in total. The zero-order chi connectivity index (χ0) is 24.6. The van der Waals surface area contributed by atoms with Crippen LogP contribution >= 0.6 is 0 Å². The lowest BCUT2D eigenvalue weighted by atomic mass is 10.0.